The summed E-state index contributed by atoms with van der Waals surface area (Å²) < 4.78 is 26.6. The maximum Gasteiger partial charge on any atom is 0.243 e. The van der Waals surface area contributed by atoms with Crippen LogP contribution in [0.15, 0.2) is 23.1 Å². The Balaban J connectivity index is 2.28. The summed E-state index contributed by atoms with van der Waals surface area (Å²) in [5.41, 5.74) is 6.24. The Morgan fingerprint density at radius 1 is 1.38 bits per heavy atom. The molecule has 2 rings (SSSR count). The van der Waals surface area contributed by atoms with Gasteiger partial charge >= 0.3 is 0 Å². The molecule has 1 aromatic carbocycles. The summed E-state index contributed by atoms with van der Waals surface area (Å²) in [6.45, 7) is 4.17. The topological polar surface area (TPSA) is 83.6 Å². The first kappa shape index (κ1) is 16.4. The third-order valence-corrected chi connectivity index (χ3v) is 6.02. The molecule has 21 heavy (non-hydrogen) atoms. The van der Waals surface area contributed by atoms with Gasteiger partial charge in [-0.25, -0.2) is 8.42 Å². The number of hydrogen-bond acceptors (Lipinski definition) is 4. The molecule has 0 atom stereocenters. The average Bonchev–Trinajstić information content (AvgIpc) is 2.37. The SMILES string of the molecule is Cc1cc(S(=O)(=O)N2CCC(C)(O)CC2)ccc1C(N)=S. The predicted molar refractivity (Wildman–Crippen MR) is 85.7 cm³/mol. The van der Waals surface area contributed by atoms with Crippen molar-refractivity contribution in [1.82, 2.24) is 4.31 Å². The fourth-order valence-corrected chi connectivity index (χ4v) is 4.19. The van der Waals surface area contributed by atoms with Crippen molar-refractivity contribution in [3.8, 4) is 0 Å². The third kappa shape index (κ3) is 3.42. The van der Waals surface area contributed by atoms with Crippen molar-refractivity contribution in [3.63, 3.8) is 0 Å². The van der Waals surface area contributed by atoms with E-state index in [1.165, 1.54) is 10.4 Å². The highest BCUT2D eigenvalue weighted by molar-refractivity contribution is 7.89. The molecule has 1 aromatic rings. The molecule has 1 saturated heterocycles. The highest BCUT2D eigenvalue weighted by Gasteiger charge is 2.34. The van der Waals surface area contributed by atoms with Crippen LogP contribution in [0.5, 0.6) is 0 Å². The normalized spacial score (nSPS) is 19.4. The fourth-order valence-electron chi connectivity index (χ4n) is 2.43. The Kier molecular flexibility index (Phi) is 4.39. The smallest absolute Gasteiger partial charge is 0.243 e. The van der Waals surface area contributed by atoms with Gasteiger partial charge in [0.2, 0.25) is 10.0 Å². The van der Waals surface area contributed by atoms with E-state index in [-0.39, 0.29) is 9.88 Å². The highest BCUT2D eigenvalue weighted by atomic mass is 32.2. The van der Waals surface area contributed by atoms with Gasteiger partial charge in [0.25, 0.3) is 0 Å². The van der Waals surface area contributed by atoms with Gasteiger partial charge in [0.15, 0.2) is 0 Å². The van der Waals surface area contributed by atoms with E-state index in [0.29, 0.717) is 31.5 Å². The lowest BCUT2D eigenvalue weighted by atomic mass is 9.95. The molecule has 7 heteroatoms. The second kappa shape index (κ2) is 5.64. The van der Waals surface area contributed by atoms with Crippen LogP contribution in [0.25, 0.3) is 0 Å². The van der Waals surface area contributed by atoms with Crippen molar-refractivity contribution in [3.05, 3.63) is 29.3 Å². The number of nitrogens with two attached hydrogens (primary N) is 1. The van der Waals surface area contributed by atoms with Crippen LogP contribution in [-0.2, 0) is 10.0 Å². The molecule has 0 amide bonds. The van der Waals surface area contributed by atoms with Gasteiger partial charge in [-0.3, -0.25) is 0 Å². The van der Waals surface area contributed by atoms with Crippen molar-refractivity contribution < 1.29 is 13.5 Å². The Morgan fingerprint density at radius 2 is 1.95 bits per heavy atom. The molecule has 1 aliphatic rings. The van der Waals surface area contributed by atoms with E-state index in [2.05, 4.69) is 0 Å². The molecule has 0 aromatic heterocycles. The zero-order valence-electron chi connectivity index (χ0n) is 12.2. The molecule has 1 heterocycles. The van der Waals surface area contributed by atoms with Crippen LogP contribution in [0, 0.1) is 6.92 Å². The Hall–Kier alpha value is -1.02. The van der Waals surface area contributed by atoms with Crippen LogP contribution in [0.4, 0.5) is 0 Å². The fraction of sp³-hybridized carbons (Fsp3) is 0.500. The van der Waals surface area contributed by atoms with E-state index in [1.54, 1.807) is 26.0 Å². The van der Waals surface area contributed by atoms with Gasteiger partial charge in [-0.15, -0.1) is 0 Å². The van der Waals surface area contributed by atoms with Crippen LogP contribution in [-0.4, -0.2) is 41.5 Å². The van der Waals surface area contributed by atoms with Crippen molar-refractivity contribution in [2.24, 2.45) is 5.73 Å². The van der Waals surface area contributed by atoms with E-state index in [0.717, 1.165) is 5.56 Å². The first-order chi connectivity index (χ1) is 9.63. The Morgan fingerprint density at radius 3 is 2.43 bits per heavy atom. The van der Waals surface area contributed by atoms with Crippen LogP contribution in [0.3, 0.4) is 0 Å². The lowest BCUT2D eigenvalue weighted by Gasteiger charge is -2.35. The summed E-state index contributed by atoms with van der Waals surface area (Å²) in [5, 5.41) is 9.92. The molecule has 0 spiro atoms. The minimum Gasteiger partial charge on any atom is -0.390 e. The van der Waals surface area contributed by atoms with E-state index in [4.69, 9.17) is 18.0 Å². The van der Waals surface area contributed by atoms with Crippen molar-refractivity contribution in [1.29, 1.82) is 0 Å². The lowest BCUT2D eigenvalue weighted by Crippen LogP contribution is -2.45. The van der Waals surface area contributed by atoms with Crippen LogP contribution >= 0.6 is 12.2 Å². The molecular weight excluding hydrogens is 308 g/mol. The minimum absolute atomic E-state index is 0.238. The van der Waals surface area contributed by atoms with E-state index in [1.807, 2.05) is 0 Å². The van der Waals surface area contributed by atoms with E-state index >= 15 is 0 Å². The maximum atomic E-state index is 12.6. The largest absolute Gasteiger partial charge is 0.390 e. The second-order valence-corrected chi connectivity index (χ2v) is 8.12. The van der Waals surface area contributed by atoms with Gasteiger partial charge in [0, 0.05) is 18.7 Å². The molecule has 0 aliphatic carbocycles. The lowest BCUT2D eigenvalue weighted by molar-refractivity contribution is 0.0126. The second-order valence-electron chi connectivity index (χ2n) is 5.74. The van der Waals surface area contributed by atoms with Gasteiger partial charge in [0.1, 0.15) is 4.99 Å². The molecule has 1 fully saturated rings. The van der Waals surface area contributed by atoms with Gasteiger partial charge < -0.3 is 10.8 Å². The molecule has 0 radical (unpaired) electrons. The Bertz CT molecular complexity index is 659. The molecule has 0 saturated carbocycles. The molecular formula is C14H20N2O3S2. The van der Waals surface area contributed by atoms with Crippen molar-refractivity contribution in [2.45, 2.75) is 37.2 Å². The Labute approximate surface area is 130 Å². The number of nitrogens with zero attached hydrogens (tertiary/aromatic N) is 1. The predicted octanol–water partition coefficient (Wildman–Crippen LogP) is 1.16. The number of hydrogen-bond donors (Lipinski definition) is 2. The molecule has 3 N–H and O–H groups in total. The molecule has 1 aliphatic heterocycles. The number of aryl methyl sites for hydroxylation is 1. The molecule has 116 valence electrons. The molecule has 5 nitrogen and oxygen atoms in total. The summed E-state index contributed by atoms with van der Waals surface area (Å²) >= 11 is 4.93. The van der Waals surface area contributed by atoms with E-state index < -0.39 is 15.6 Å². The standard InChI is InChI=1S/C14H20N2O3S2/c1-10-9-11(3-4-12(10)13(15)20)21(18,19)16-7-5-14(2,17)6-8-16/h3-4,9,17H,5-8H2,1-2H3,(H2,15,20). The van der Waals surface area contributed by atoms with Crippen LogP contribution < -0.4 is 5.73 Å². The third-order valence-electron chi connectivity index (χ3n) is 3.90. The molecule has 0 bridgehead atoms. The summed E-state index contributed by atoms with van der Waals surface area (Å²) in [4.78, 5) is 0.493. The summed E-state index contributed by atoms with van der Waals surface area (Å²) in [6, 6.07) is 4.77. The van der Waals surface area contributed by atoms with Gasteiger partial charge in [-0.05, 0) is 44.4 Å². The maximum absolute atomic E-state index is 12.6. The first-order valence-electron chi connectivity index (χ1n) is 6.76. The van der Waals surface area contributed by atoms with Crippen LogP contribution in [0.1, 0.15) is 30.9 Å². The number of piperidine rings is 1. The van der Waals surface area contributed by atoms with Gasteiger partial charge in [-0.1, -0.05) is 18.3 Å². The number of sulfonamides is 1. The van der Waals surface area contributed by atoms with Gasteiger partial charge in [-0.2, -0.15) is 4.31 Å². The molecule has 0 unspecified atom stereocenters. The first-order valence-corrected chi connectivity index (χ1v) is 8.61. The average molecular weight is 328 g/mol. The minimum atomic E-state index is -3.54. The summed E-state index contributed by atoms with van der Waals surface area (Å²) in [5.74, 6) is 0. The zero-order chi connectivity index (χ0) is 15.8. The van der Waals surface area contributed by atoms with Crippen molar-refractivity contribution in [2.75, 3.05) is 13.1 Å². The summed E-state index contributed by atoms with van der Waals surface area (Å²) in [6.07, 6.45) is 0.881. The van der Waals surface area contributed by atoms with Crippen LogP contribution in [0.2, 0.25) is 0 Å². The number of benzene rings is 1. The monoisotopic (exact) mass is 328 g/mol. The van der Waals surface area contributed by atoms with Gasteiger partial charge in [0.05, 0.1) is 10.5 Å². The number of aliphatic hydroxyl groups is 1. The summed E-state index contributed by atoms with van der Waals surface area (Å²) in [7, 11) is -3.54. The number of thiocarbonyl (C=S) groups is 1. The zero-order valence-corrected chi connectivity index (χ0v) is 13.8. The van der Waals surface area contributed by atoms with E-state index in [9.17, 15) is 13.5 Å². The quantitative estimate of drug-likeness (QED) is 0.814. The van der Waals surface area contributed by atoms with Crippen molar-refractivity contribution >= 4 is 27.2 Å². The number of rotatable bonds is 3. The highest BCUT2D eigenvalue weighted by Crippen LogP contribution is 2.27.